The number of rotatable bonds is 4. The van der Waals surface area contributed by atoms with Gasteiger partial charge in [-0.05, 0) is 68.8 Å². The Labute approximate surface area is 115 Å². The van der Waals surface area contributed by atoms with Gasteiger partial charge in [-0.2, -0.15) is 0 Å². The van der Waals surface area contributed by atoms with Gasteiger partial charge in [0.25, 0.3) is 0 Å². The normalized spacial score (nSPS) is 24.4. The van der Waals surface area contributed by atoms with Gasteiger partial charge in [-0.3, -0.25) is 0 Å². The highest BCUT2D eigenvalue weighted by atomic mass is 19.1. The first-order valence-corrected chi connectivity index (χ1v) is 7.45. The van der Waals surface area contributed by atoms with Crippen molar-refractivity contribution >= 4 is 5.69 Å². The Balaban J connectivity index is 1.65. The molecule has 104 valence electrons. The van der Waals surface area contributed by atoms with Crippen LogP contribution in [0.25, 0.3) is 0 Å². The van der Waals surface area contributed by atoms with Gasteiger partial charge < -0.3 is 10.2 Å². The van der Waals surface area contributed by atoms with Crippen LogP contribution in [0, 0.1) is 17.2 Å². The second-order valence-corrected chi connectivity index (χ2v) is 6.03. The fraction of sp³-hybridized carbons (Fsp3) is 0.625. The number of piperidine rings is 1. The zero-order chi connectivity index (χ0) is 13.3. The number of nitrogens with zero attached hydrogens (tertiary/aromatic N) is 1. The van der Waals surface area contributed by atoms with E-state index in [1.54, 1.807) is 12.1 Å². The Hall–Kier alpha value is -1.09. The first-order chi connectivity index (χ1) is 9.23. The highest BCUT2D eigenvalue weighted by Gasteiger charge is 2.53. The van der Waals surface area contributed by atoms with E-state index in [4.69, 9.17) is 0 Å². The molecule has 3 rings (SSSR count). The smallest absolute Gasteiger partial charge is 0.125 e. The summed E-state index contributed by atoms with van der Waals surface area (Å²) in [7, 11) is 0. The van der Waals surface area contributed by atoms with Gasteiger partial charge in [0.05, 0.1) is 0 Å². The lowest BCUT2D eigenvalue weighted by Gasteiger charge is -2.28. The minimum Gasteiger partial charge on any atom is -0.371 e. The van der Waals surface area contributed by atoms with E-state index in [-0.39, 0.29) is 5.82 Å². The molecule has 1 aliphatic heterocycles. The third-order valence-corrected chi connectivity index (χ3v) is 4.95. The molecule has 0 bridgehead atoms. The number of benzene rings is 1. The Kier molecular flexibility index (Phi) is 3.48. The number of nitrogens with one attached hydrogen (secondary N) is 1. The maximum absolute atomic E-state index is 13.3. The van der Waals surface area contributed by atoms with Crippen molar-refractivity contribution in [2.75, 3.05) is 31.1 Å². The van der Waals surface area contributed by atoms with Crippen molar-refractivity contribution in [3.8, 4) is 0 Å². The van der Waals surface area contributed by atoms with Gasteiger partial charge in [-0.15, -0.1) is 0 Å². The van der Waals surface area contributed by atoms with E-state index in [9.17, 15) is 4.39 Å². The summed E-state index contributed by atoms with van der Waals surface area (Å²) in [4.78, 5) is 2.32. The molecule has 3 heteroatoms. The van der Waals surface area contributed by atoms with Crippen LogP contribution in [-0.2, 0) is 0 Å². The summed E-state index contributed by atoms with van der Waals surface area (Å²) in [5, 5.41) is 3.44. The van der Waals surface area contributed by atoms with Crippen molar-refractivity contribution in [1.82, 2.24) is 5.32 Å². The van der Waals surface area contributed by atoms with E-state index in [2.05, 4.69) is 17.1 Å². The SMILES string of the molecule is CCN(CC1CC12CCNCC2)c1cccc(F)c1. The van der Waals surface area contributed by atoms with Gasteiger partial charge in [0, 0.05) is 18.8 Å². The maximum atomic E-state index is 13.3. The van der Waals surface area contributed by atoms with Crippen molar-refractivity contribution in [3.05, 3.63) is 30.1 Å². The minimum atomic E-state index is -0.136. The lowest BCUT2D eigenvalue weighted by molar-refractivity contribution is 0.323. The van der Waals surface area contributed by atoms with Crippen molar-refractivity contribution in [3.63, 3.8) is 0 Å². The molecular weight excluding hydrogens is 239 g/mol. The molecule has 2 aliphatic rings. The van der Waals surface area contributed by atoms with Gasteiger partial charge in [-0.25, -0.2) is 4.39 Å². The minimum absolute atomic E-state index is 0.136. The van der Waals surface area contributed by atoms with E-state index in [1.165, 1.54) is 38.4 Å². The molecule has 1 aromatic carbocycles. The van der Waals surface area contributed by atoms with E-state index in [0.29, 0.717) is 5.41 Å². The van der Waals surface area contributed by atoms with Crippen LogP contribution in [0.2, 0.25) is 0 Å². The molecule has 1 aromatic rings. The molecule has 2 nitrogen and oxygen atoms in total. The number of anilines is 1. The maximum Gasteiger partial charge on any atom is 0.125 e. The Morgan fingerprint density at radius 1 is 1.37 bits per heavy atom. The molecule has 0 aromatic heterocycles. The molecule has 0 radical (unpaired) electrons. The van der Waals surface area contributed by atoms with Crippen LogP contribution in [0.15, 0.2) is 24.3 Å². The van der Waals surface area contributed by atoms with Crippen molar-refractivity contribution < 1.29 is 4.39 Å². The monoisotopic (exact) mass is 262 g/mol. The van der Waals surface area contributed by atoms with E-state index in [0.717, 1.165) is 24.7 Å². The fourth-order valence-corrected chi connectivity index (χ4v) is 3.58. The average molecular weight is 262 g/mol. The Morgan fingerprint density at radius 2 is 2.16 bits per heavy atom. The molecule has 1 atom stereocenters. The van der Waals surface area contributed by atoms with Crippen LogP contribution in [0.5, 0.6) is 0 Å². The summed E-state index contributed by atoms with van der Waals surface area (Å²) >= 11 is 0. The van der Waals surface area contributed by atoms with Gasteiger partial charge in [0.2, 0.25) is 0 Å². The van der Waals surface area contributed by atoms with Crippen LogP contribution in [0.3, 0.4) is 0 Å². The summed E-state index contributed by atoms with van der Waals surface area (Å²) in [5.74, 6) is 0.668. The van der Waals surface area contributed by atoms with Gasteiger partial charge >= 0.3 is 0 Å². The number of hydrogen-bond donors (Lipinski definition) is 1. The zero-order valence-corrected chi connectivity index (χ0v) is 11.7. The molecule has 1 saturated heterocycles. The summed E-state index contributed by atoms with van der Waals surface area (Å²) in [6.07, 6.45) is 4.00. The van der Waals surface area contributed by atoms with Gasteiger partial charge in [0.15, 0.2) is 0 Å². The van der Waals surface area contributed by atoms with Crippen LogP contribution < -0.4 is 10.2 Å². The van der Waals surface area contributed by atoms with Crippen LogP contribution >= 0.6 is 0 Å². The zero-order valence-electron chi connectivity index (χ0n) is 11.7. The van der Waals surface area contributed by atoms with E-state index >= 15 is 0 Å². The second kappa shape index (κ2) is 5.12. The highest BCUT2D eigenvalue weighted by molar-refractivity contribution is 5.46. The van der Waals surface area contributed by atoms with Gasteiger partial charge in [0.1, 0.15) is 5.82 Å². The predicted octanol–water partition coefficient (Wildman–Crippen LogP) is 3.04. The van der Waals surface area contributed by atoms with Gasteiger partial charge in [-0.1, -0.05) is 6.07 Å². The van der Waals surface area contributed by atoms with E-state index < -0.39 is 0 Å². The number of hydrogen-bond acceptors (Lipinski definition) is 2. The first kappa shape index (κ1) is 12.9. The van der Waals surface area contributed by atoms with Crippen molar-refractivity contribution in [2.24, 2.45) is 11.3 Å². The van der Waals surface area contributed by atoms with Crippen LogP contribution in [0.1, 0.15) is 26.2 Å². The molecule has 1 spiro atoms. The van der Waals surface area contributed by atoms with Crippen molar-refractivity contribution in [2.45, 2.75) is 26.2 Å². The fourth-order valence-electron chi connectivity index (χ4n) is 3.58. The van der Waals surface area contributed by atoms with Crippen LogP contribution in [0.4, 0.5) is 10.1 Å². The summed E-state index contributed by atoms with van der Waals surface area (Å²) in [6.45, 7) is 6.53. The second-order valence-electron chi connectivity index (χ2n) is 6.03. The molecule has 1 N–H and O–H groups in total. The molecule has 1 aliphatic carbocycles. The summed E-state index contributed by atoms with van der Waals surface area (Å²) in [6, 6.07) is 6.99. The third kappa shape index (κ3) is 2.62. The molecule has 1 heterocycles. The lowest BCUT2D eigenvalue weighted by Crippen LogP contribution is -2.32. The first-order valence-electron chi connectivity index (χ1n) is 7.45. The third-order valence-electron chi connectivity index (χ3n) is 4.95. The van der Waals surface area contributed by atoms with Crippen molar-refractivity contribution in [1.29, 1.82) is 0 Å². The Morgan fingerprint density at radius 3 is 2.84 bits per heavy atom. The molecule has 2 fully saturated rings. The van der Waals surface area contributed by atoms with E-state index in [1.807, 2.05) is 6.07 Å². The molecule has 1 unspecified atom stereocenters. The molecule has 0 amide bonds. The largest absolute Gasteiger partial charge is 0.371 e. The Bertz CT molecular complexity index is 440. The highest BCUT2D eigenvalue weighted by Crippen LogP contribution is 2.58. The summed E-state index contributed by atoms with van der Waals surface area (Å²) in [5.41, 5.74) is 1.63. The average Bonchev–Trinajstić information content (AvgIpc) is 3.08. The summed E-state index contributed by atoms with van der Waals surface area (Å²) < 4.78 is 13.3. The topological polar surface area (TPSA) is 15.3 Å². The quantitative estimate of drug-likeness (QED) is 0.897. The van der Waals surface area contributed by atoms with Crippen LogP contribution in [-0.4, -0.2) is 26.2 Å². The predicted molar refractivity (Wildman–Crippen MR) is 76.9 cm³/mol. The lowest BCUT2D eigenvalue weighted by atomic mass is 9.92. The molecular formula is C16H23FN2. The standard InChI is InChI=1S/C16H23FN2/c1-2-19(15-5-3-4-14(17)10-15)12-13-11-16(13)6-8-18-9-7-16/h3-5,10,13,18H,2,6-9,11-12H2,1H3. The molecule has 1 saturated carbocycles. The molecule has 19 heavy (non-hydrogen) atoms. The number of halogens is 1.